The van der Waals surface area contributed by atoms with Gasteiger partial charge in [0.2, 0.25) is 5.78 Å². The number of Topliss-reactive ketones (excluding diaryl/α,β-unsaturated/α-hetero) is 1. The van der Waals surface area contributed by atoms with Crippen molar-refractivity contribution in [2.75, 3.05) is 20.8 Å². The van der Waals surface area contributed by atoms with Crippen LogP contribution in [0.25, 0.3) is 10.1 Å². The number of carbonyl (C=O) groups is 2. The second-order valence-electron chi connectivity index (χ2n) is 5.34. The number of ether oxygens (including phenoxy) is 3. The van der Waals surface area contributed by atoms with Crippen LogP contribution in [0, 0.1) is 0 Å². The van der Waals surface area contributed by atoms with E-state index in [1.807, 2.05) is 12.1 Å². The molecule has 1 N–H and O–H groups in total. The van der Waals surface area contributed by atoms with Gasteiger partial charge in [-0.2, -0.15) is 0 Å². The third kappa shape index (κ3) is 3.34. The molecule has 0 atom stereocenters. The molecule has 0 bridgehead atoms. The van der Waals surface area contributed by atoms with E-state index in [1.54, 1.807) is 30.3 Å². The van der Waals surface area contributed by atoms with Gasteiger partial charge in [-0.1, -0.05) is 12.1 Å². The number of hydrogen-bond donors (Lipinski definition) is 1. The summed E-state index contributed by atoms with van der Waals surface area (Å²) in [6.07, 6.45) is 0. The zero-order chi connectivity index (χ0) is 18.7. The Hall–Kier alpha value is -3.06. The van der Waals surface area contributed by atoms with Crippen LogP contribution in [0.5, 0.6) is 17.2 Å². The molecule has 0 aliphatic heterocycles. The number of fused-ring (bicyclic) bond motifs is 1. The summed E-state index contributed by atoms with van der Waals surface area (Å²) in [7, 11) is 2.98. The quantitative estimate of drug-likeness (QED) is 0.634. The molecule has 2 aromatic carbocycles. The van der Waals surface area contributed by atoms with E-state index in [1.165, 1.54) is 14.2 Å². The Morgan fingerprint density at radius 2 is 1.85 bits per heavy atom. The molecule has 1 heterocycles. The highest BCUT2D eigenvalue weighted by Crippen LogP contribution is 2.38. The third-order valence-electron chi connectivity index (χ3n) is 3.80. The molecule has 3 aromatic rings. The molecule has 0 aliphatic carbocycles. The van der Waals surface area contributed by atoms with E-state index in [9.17, 15) is 14.7 Å². The molecule has 134 valence electrons. The maximum absolute atomic E-state index is 12.5. The van der Waals surface area contributed by atoms with Crippen molar-refractivity contribution in [1.29, 1.82) is 0 Å². The third-order valence-corrected chi connectivity index (χ3v) is 4.94. The van der Waals surface area contributed by atoms with Gasteiger partial charge in [0.15, 0.2) is 17.2 Å². The van der Waals surface area contributed by atoms with E-state index >= 15 is 0 Å². The Balaban J connectivity index is 1.88. The number of hydrogen-bond acceptors (Lipinski definition) is 6. The van der Waals surface area contributed by atoms with Crippen molar-refractivity contribution in [3.63, 3.8) is 0 Å². The van der Waals surface area contributed by atoms with Crippen LogP contribution in [0.15, 0.2) is 42.5 Å². The molecule has 7 heteroatoms. The maximum atomic E-state index is 12.5. The molecule has 0 saturated carbocycles. The van der Waals surface area contributed by atoms with Gasteiger partial charge < -0.3 is 19.3 Å². The van der Waals surface area contributed by atoms with Crippen LogP contribution in [0.1, 0.15) is 20.0 Å². The van der Waals surface area contributed by atoms with Gasteiger partial charge in [0, 0.05) is 16.2 Å². The zero-order valence-electron chi connectivity index (χ0n) is 14.1. The fraction of sp³-hybridized carbons (Fsp3) is 0.158. The van der Waals surface area contributed by atoms with Crippen LogP contribution in [0.4, 0.5) is 0 Å². The lowest BCUT2D eigenvalue weighted by Gasteiger charge is -2.10. The van der Waals surface area contributed by atoms with Crippen molar-refractivity contribution in [3.05, 3.63) is 52.9 Å². The van der Waals surface area contributed by atoms with Gasteiger partial charge in [0.25, 0.3) is 0 Å². The van der Waals surface area contributed by atoms with Crippen LogP contribution in [-0.2, 0) is 0 Å². The monoisotopic (exact) mass is 372 g/mol. The fourth-order valence-electron chi connectivity index (χ4n) is 2.55. The van der Waals surface area contributed by atoms with E-state index in [2.05, 4.69) is 0 Å². The largest absolute Gasteiger partial charge is 0.497 e. The van der Waals surface area contributed by atoms with Crippen molar-refractivity contribution in [2.45, 2.75) is 0 Å². The Labute approximate surface area is 153 Å². The molecule has 0 unspecified atom stereocenters. The Morgan fingerprint density at radius 3 is 2.54 bits per heavy atom. The number of carboxylic acids is 1. The number of rotatable bonds is 7. The van der Waals surface area contributed by atoms with E-state index < -0.39 is 5.97 Å². The second-order valence-corrected chi connectivity index (χ2v) is 6.39. The van der Waals surface area contributed by atoms with E-state index in [0.717, 1.165) is 16.0 Å². The van der Waals surface area contributed by atoms with Crippen LogP contribution in [0.3, 0.4) is 0 Å². The predicted octanol–water partition coefficient (Wildman–Crippen LogP) is 3.88. The normalized spacial score (nSPS) is 10.5. The Morgan fingerprint density at radius 1 is 1.08 bits per heavy atom. The van der Waals surface area contributed by atoms with Gasteiger partial charge in [-0.15, -0.1) is 11.3 Å². The van der Waals surface area contributed by atoms with Crippen LogP contribution >= 0.6 is 11.3 Å². The first-order valence-electron chi connectivity index (χ1n) is 7.68. The molecule has 0 saturated heterocycles. The number of carboxylic acid groups (broad SMARTS) is 1. The summed E-state index contributed by atoms with van der Waals surface area (Å²) in [5.41, 5.74) is 0.338. The van der Waals surface area contributed by atoms with Crippen molar-refractivity contribution >= 4 is 33.2 Å². The zero-order valence-corrected chi connectivity index (χ0v) is 15.0. The molecule has 0 spiro atoms. The van der Waals surface area contributed by atoms with Gasteiger partial charge in [-0.3, -0.25) is 4.79 Å². The highest BCUT2D eigenvalue weighted by atomic mass is 32.1. The van der Waals surface area contributed by atoms with Crippen molar-refractivity contribution in [2.24, 2.45) is 0 Å². The summed E-state index contributed by atoms with van der Waals surface area (Å²) < 4.78 is 16.7. The number of thiophene rings is 1. The Bertz CT molecular complexity index is 975. The maximum Gasteiger partial charge on any atom is 0.349 e. The molecule has 0 radical (unpaired) electrons. The lowest BCUT2D eigenvalue weighted by molar-refractivity contribution is 0.0695. The second kappa shape index (κ2) is 7.45. The Kier molecular flexibility index (Phi) is 5.09. The molecule has 0 fully saturated rings. The van der Waals surface area contributed by atoms with Crippen molar-refractivity contribution < 1.29 is 28.9 Å². The first-order valence-corrected chi connectivity index (χ1v) is 8.49. The first kappa shape index (κ1) is 17.8. The number of methoxy groups -OCH3 is 2. The number of carbonyl (C=O) groups excluding carboxylic acids is 1. The molecule has 0 amide bonds. The molecular weight excluding hydrogens is 356 g/mol. The lowest BCUT2D eigenvalue weighted by atomic mass is 10.1. The molecule has 0 aliphatic rings. The summed E-state index contributed by atoms with van der Waals surface area (Å²) in [5.74, 6) is -0.270. The van der Waals surface area contributed by atoms with Crippen LogP contribution in [-0.4, -0.2) is 37.7 Å². The molecular formula is C19H16O6S. The lowest BCUT2D eigenvalue weighted by Crippen LogP contribution is -2.13. The average Bonchev–Trinajstić information content (AvgIpc) is 3.04. The van der Waals surface area contributed by atoms with E-state index in [4.69, 9.17) is 14.2 Å². The minimum Gasteiger partial charge on any atom is -0.497 e. The number of benzene rings is 2. The van der Waals surface area contributed by atoms with Crippen molar-refractivity contribution in [1.82, 2.24) is 0 Å². The van der Waals surface area contributed by atoms with Crippen molar-refractivity contribution in [3.8, 4) is 17.2 Å². The average molecular weight is 372 g/mol. The predicted molar refractivity (Wildman–Crippen MR) is 98.2 cm³/mol. The molecule has 1 aromatic heterocycles. The van der Waals surface area contributed by atoms with Crippen LogP contribution in [0.2, 0.25) is 0 Å². The topological polar surface area (TPSA) is 82.1 Å². The summed E-state index contributed by atoms with van der Waals surface area (Å²) in [6, 6.07) is 12.0. The smallest absolute Gasteiger partial charge is 0.349 e. The summed E-state index contributed by atoms with van der Waals surface area (Å²) in [4.78, 5) is 24.1. The number of aromatic carboxylic acids is 1. The van der Waals surface area contributed by atoms with Gasteiger partial charge in [0.1, 0.15) is 11.5 Å². The summed E-state index contributed by atoms with van der Waals surface area (Å²) >= 11 is 1.12. The summed E-state index contributed by atoms with van der Waals surface area (Å²) in [5, 5.41) is 10.1. The first-order chi connectivity index (χ1) is 12.5. The van der Waals surface area contributed by atoms with Gasteiger partial charge in [0.05, 0.1) is 19.8 Å². The van der Waals surface area contributed by atoms with Crippen LogP contribution < -0.4 is 14.2 Å². The highest BCUT2D eigenvalue weighted by molar-refractivity contribution is 7.21. The minimum absolute atomic E-state index is 0.0701. The molecule has 3 rings (SSSR count). The van der Waals surface area contributed by atoms with Gasteiger partial charge >= 0.3 is 5.97 Å². The fourth-order valence-corrected chi connectivity index (χ4v) is 3.54. The summed E-state index contributed by atoms with van der Waals surface area (Å²) in [6.45, 7) is -0.302. The minimum atomic E-state index is -1.09. The van der Waals surface area contributed by atoms with Gasteiger partial charge in [-0.05, 0) is 24.3 Å². The van der Waals surface area contributed by atoms with Gasteiger partial charge in [-0.25, -0.2) is 4.79 Å². The highest BCUT2D eigenvalue weighted by Gasteiger charge is 2.21. The van der Waals surface area contributed by atoms with E-state index in [-0.39, 0.29) is 23.0 Å². The molecule has 6 nitrogen and oxygen atoms in total. The standard InChI is InChI=1S/C19H16O6S/c1-23-11-7-8-12(15(9-11)24-2)14(20)10-25-17-13-5-3-4-6-16(13)26-18(17)19(21)22/h3-9H,10H2,1-2H3,(H,21,22). The number of ketones is 1. The SMILES string of the molecule is COc1ccc(C(=O)COc2c(C(=O)O)sc3ccccc23)c(OC)c1. The molecule has 26 heavy (non-hydrogen) atoms. The van der Waals surface area contributed by atoms with E-state index in [0.29, 0.717) is 22.4 Å².